The first-order chi connectivity index (χ1) is 19.4. The van der Waals surface area contributed by atoms with Crippen LogP contribution in [0.25, 0.3) is 0 Å². The second-order valence-corrected chi connectivity index (χ2v) is 12.1. The lowest BCUT2D eigenvalue weighted by Crippen LogP contribution is -2.49. The summed E-state index contributed by atoms with van der Waals surface area (Å²) in [7, 11) is 0. The molecule has 3 aromatic carbocycles. The molecule has 218 valence electrons. The summed E-state index contributed by atoms with van der Waals surface area (Å²) in [5.74, 6) is -0.0221. The number of benzene rings is 3. The SMILES string of the molecule is CC(C)C[C@H](NC(=O)[C@H](C)Oc1ccc(Cl)cc1Cl)C(=O)N/N=C\c1cc(Br)ccc1OCc1ccc(Cl)cc1Cl. The Balaban J connectivity index is 1.65. The van der Waals surface area contributed by atoms with Crippen LogP contribution < -0.4 is 20.2 Å². The number of hydrogen-bond acceptors (Lipinski definition) is 5. The second kappa shape index (κ2) is 15.7. The van der Waals surface area contributed by atoms with Gasteiger partial charge >= 0.3 is 0 Å². The highest BCUT2D eigenvalue weighted by molar-refractivity contribution is 9.10. The molecule has 0 spiro atoms. The summed E-state index contributed by atoms with van der Waals surface area (Å²) in [6.07, 6.45) is 0.925. The van der Waals surface area contributed by atoms with Gasteiger partial charge in [-0.15, -0.1) is 0 Å². The molecule has 3 aromatic rings. The normalized spacial score (nSPS) is 12.7. The van der Waals surface area contributed by atoms with Gasteiger partial charge in [-0.2, -0.15) is 5.10 Å². The van der Waals surface area contributed by atoms with Crippen molar-refractivity contribution < 1.29 is 19.1 Å². The number of amides is 2. The number of carbonyl (C=O) groups is 2. The Kier molecular flexibility index (Phi) is 12.6. The van der Waals surface area contributed by atoms with Crippen LogP contribution in [0.15, 0.2) is 64.2 Å². The zero-order valence-corrected chi connectivity index (χ0v) is 27.0. The van der Waals surface area contributed by atoms with Crippen molar-refractivity contribution >= 4 is 80.4 Å². The van der Waals surface area contributed by atoms with E-state index >= 15 is 0 Å². The second-order valence-electron chi connectivity index (χ2n) is 9.47. The Morgan fingerprint density at radius 3 is 2.22 bits per heavy atom. The molecule has 0 saturated heterocycles. The molecule has 3 rings (SSSR count). The van der Waals surface area contributed by atoms with Crippen molar-refractivity contribution in [2.45, 2.75) is 45.9 Å². The molecule has 0 radical (unpaired) electrons. The highest BCUT2D eigenvalue weighted by Gasteiger charge is 2.25. The molecule has 2 atom stereocenters. The minimum atomic E-state index is -0.921. The Labute approximate surface area is 267 Å². The van der Waals surface area contributed by atoms with Gasteiger partial charge in [0.15, 0.2) is 6.10 Å². The van der Waals surface area contributed by atoms with Crippen LogP contribution >= 0.6 is 62.3 Å². The van der Waals surface area contributed by atoms with E-state index in [0.717, 1.165) is 10.0 Å². The van der Waals surface area contributed by atoms with Crippen LogP contribution in [-0.2, 0) is 16.2 Å². The van der Waals surface area contributed by atoms with E-state index in [-0.39, 0.29) is 17.5 Å². The molecule has 0 unspecified atom stereocenters. The third-order valence-corrected chi connectivity index (χ3v) is 7.27. The van der Waals surface area contributed by atoms with Crippen molar-refractivity contribution in [2.24, 2.45) is 11.0 Å². The van der Waals surface area contributed by atoms with Gasteiger partial charge in [-0.3, -0.25) is 9.59 Å². The molecule has 0 fully saturated rings. The number of nitrogens with one attached hydrogen (secondary N) is 2. The molecule has 0 heterocycles. The van der Waals surface area contributed by atoms with E-state index in [0.29, 0.717) is 38.6 Å². The summed E-state index contributed by atoms with van der Waals surface area (Å²) in [6, 6.07) is 14.4. The molecule has 0 aliphatic heterocycles. The van der Waals surface area contributed by atoms with E-state index in [2.05, 4.69) is 31.8 Å². The van der Waals surface area contributed by atoms with E-state index in [9.17, 15) is 9.59 Å². The van der Waals surface area contributed by atoms with Crippen molar-refractivity contribution in [3.63, 3.8) is 0 Å². The number of hydrogen-bond donors (Lipinski definition) is 2. The first-order valence-electron chi connectivity index (χ1n) is 12.5. The summed E-state index contributed by atoms with van der Waals surface area (Å²) >= 11 is 27.7. The van der Waals surface area contributed by atoms with Gasteiger partial charge in [0.2, 0.25) is 0 Å². The Hall–Kier alpha value is -2.49. The standard InChI is InChI=1S/C29H28BrCl4N3O4/c1-16(2)10-25(36-28(38)17(3)41-27-9-7-22(32)13-24(27)34)29(39)37-35-14-19-11-20(30)5-8-26(19)40-15-18-4-6-21(31)12-23(18)33/h4-9,11-14,16-17,25H,10,15H2,1-3H3,(H,36,38)(H,37,39)/b35-14-/t17-,25-/m0/s1. The predicted molar refractivity (Wildman–Crippen MR) is 169 cm³/mol. The molecule has 0 saturated carbocycles. The molecule has 7 nitrogen and oxygen atoms in total. The van der Waals surface area contributed by atoms with E-state index in [1.807, 2.05) is 19.9 Å². The molecule has 2 N–H and O–H groups in total. The van der Waals surface area contributed by atoms with Gasteiger partial charge in [0, 0.05) is 30.7 Å². The zero-order chi connectivity index (χ0) is 30.1. The van der Waals surface area contributed by atoms with E-state index in [1.54, 1.807) is 49.4 Å². The topological polar surface area (TPSA) is 89.0 Å². The van der Waals surface area contributed by atoms with E-state index in [4.69, 9.17) is 55.9 Å². The summed E-state index contributed by atoms with van der Waals surface area (Å²) < 4.78 is 12.4. The summed E-state index contributed by atoms with van der Waals surface area (Å²) in [6.45, 7) is 5.66. The lowest BCUT2D eigenvalue weighted by molar-refractivity contribution is -0.132. The maximum atomic E-state index is 13.0. The fraction of sp³-hybridized carbons (Fsp3) is 0.276. The average molecular weight is 704 g/mol. The molecular weight excluding hydrogens is 676 g/mol. The van der Waals surface area contributed by atoms with Gasteiger partial charge in [-0.1, -0.05) is 82.2 Å². The fourth-order valence-electron chi connectivity index (χ4n) is 3.60. The van der Waals surface area contributed by atoms with Crippen LogP contribution in [0.4, 0.5) is 0 Å². The number of rotatable bonds is 12. The van der Waals surface area contributed by atoms with Crippen molar-refractivity contribution in [1.82, 2.24) is 10.7 Å². The number of nitrogens with zero attached hydrogens (tertiary/aromatic N) is 1. The average Bonchev–Trinajstić information content (AvgIpc) is 2.89. The first-order valence-corrected chi connectivity index (χ1v) is 14.8. The molecule has 0 aliphatic carbocycles. The largest absolute Gasteiger partial charge is 0.488 e. The van der Waals surface area contributed by atoms with Crippen LogP contribution in [-0.4, -0.2) is 30.2 Å². The van der Waals surface area contributed by atoms with Crippen LogP contribution in [0.1, 0.15) is 38.3 Å². The van der Waals surface area contributed by atoms with Gasteiger partial charge in [-0.05, 0) is 67.8 Å². The maximum Gasteiger partial charge on any atom is 0.262 e. The molecular formula is C29H28BrCl4N3O4. The third-order valence-electron chi connectivity index (χ3n) is 5.66. The smallest absolute Gasteiger partial charge is 0.262 e. The number of halogens is 5. The van der Waals surface area contributed by atoms with Gasteiger partial charge in [0.05, 0.1) is 11.2 Å². The number of hydrazone groups is 1. The molecule has 2 amide bonds. The molecule has 0 aliphatic rings. The highest BCUT2D eigenvalue weighted by Crippen LogP contribution is 2.29. The quantitative estimate of drug-likeness (QED) is 0.147. The van der Waals surface area contributed by atoms with Crippen molar-refractivity contribution in [3.8, 4) is 11.5 Å². The van der Waals surface area contributed by atoms with Gasteiger partial charge in [-0.25, -0.2) is 5.43 Å². The Morgan fingerprint density at radius 1 is 0.902 bits per heavy atom. The van der Waals surface area contributed by atoms with Crippen LogP contribution in [0.3, 0.4) is 0 Å². The maximum absolute atomic E-state index is 13.0. The summed E-state index contributed by atoms with van der Waals surface area (Å²) in [5, 5.41) is 8.60. The molecule has 0 aromatic heterocycles. The lowest BCUT2D eigenvalue weighted by Gasteiger charge is -2.22. The molecule has 0 bridgehead atoms. The Bertz CT molecular complexity index is 1420. The predicted octanol–water partition coefficient (Wildman–Crippen LogP) is 8.09. The van der Waals surface area contributed by atoms with Crippen molar-refractivity contribution in [2.75, 3.05) is 0 Å². The lowest BCUT2D eigenvalue weighted by atomic mass is 10.0. The minimum Gasteiger partial charge on any atom is -0.488 e. The number of carbonyl (C=O) groups excluding carboxylic acids is 2. The zero-order valence-electron chi connectivity index (χ0n) is 22.4. The van der Waals surface area contributed by atoms with E-state index in [1.165, 1.54) is 12.3 Å². The van der Waals surface area contributed by atoms with Crippen LogP contribution in [0, 0.1) is 5.92 Å². The minimum absolute atomic E-state index is 0.113. The van der Waals surface area contributed by atoms with E-state index < -0.39 is 24.0 Å². The molecule has 41 heavy (non-hydrogen) atoms. The van der Waals surface area contributed by atoms with Crippen LogP contribution in [0.2, 0.25) is 20.1 Å². The summed E-state index contributed by atoms with van der Waals surface area (Å²) in [4.78, 5) is 25.9. The molecule has 12 heteroatoms. The van der Waals surface area contributed by atoms with Crippen molar-refractivity contribution in [3.05, 3.63) is 90.3 Å². The van der Waals surface area contributed by atoms with Crippen molar-refractivity contribution in [1.29, 1.82) is 0 Å². The summed E-state index contributed by atoms with van der Waals surface area (Å²) in [5.41, 5.74) is 3.88. The first kappa shape index (κ1) is 33.0. The van der Waals surface area contributed by atoms with Gasteiger partial charge in [0.1, 0.15) is 24.1 Å². The van der Waals surface area contributed by atoms with Gasteiger partial charge < -0.3 is 14.8 Å². The Morgan fingerprint density at radius 2 is 1.56 bits per heavy atom. The third kappa shape index (κ3) is 10.4. The highest BCUT2D eigenvalue weighted by atomic mass is 79.9. The number of ether oxygens (including phenoxy) is 2. The van der Waals surface area contributed by atoms with Crippen LogP contribution in [0.5, 0.6) is 11.5 Å². The fourth-order valence-corrected chi connectivity index (χ4v) is 4.89. The monoisotopic (exact) mass is 701 g/mol. The van der Waals surface area contributed by atoms with Gasteiger partial charge in [0.25, 0.3) is 11.8 Å².